The van der Waals surface area contributed by atoms with Crippen LogP contribution in [0.5, 0.6) is 0 Å². The number of thiol groups is 1. The van der Waals surface area contributed by atoms with E-state index in [4.69, 9.17) is 32.1 Å². The average molecular weight is 325 g/mol. The van der Waals surface area contributed by atoms with Gasteiger partial charge < -0.3 is 32.1 Å². The van der Waals surface area contributed by atoms with Crippen molar-refractivity contribution in [1.29, 1.82) is 0 Å². The van der Waals surface area contributed by atoms with Crippen LogP contribution in [-0.4, -0.2) is 84.9 Å². The molecule has 10 heteroatoms. The molecular formula is C8H28O7SSi2. The summed E-state index contributed by atoms with van der Waals surface area (Å²) in [6.07, 6.45) is 6.94. The minimum atomic E-state index is -3.85. The van der Waals surface area contributed by atoms with Crippen molar-refractivity contribution in [3.63, 3.8) is 0 Å². The van der Waals surface area contributed by atoms with Gasteiger partial charge in [-0.15, -0.1) is 0 Å². The maximum Gasteiger partial charge on any atom is 0.678 e. The summed E-state index contributed by atoms with van der Waals surface area (Å²) < 4.78 is 19.4. The molecule has 0 unspecified atom stereocenters. The van der Waals surface area contributed by atoms with E-state index in [1.165, 1.54) is 28.4 Å². The molecule has 18 heavy (non-hydrogen) atoms. The van der Waals surface area contributed by atoms with Crippen molar-refractivity contribution in [2.24, 2.45) is 0 Å². The van der Waals surface area contributed by atoms with Crippen LogP contribution in [-0.2, 0) is 17.7 Å². The van der Waals surface area contributed by atoms with Crippen LogP contribution in [0.15, 0.2) is 0 Å². The second-order valence-corrected chi connectivity index (χ2v) is 23.6. The monoisotopic (exact) mass is 324 g/mol. The first-order chi connectivity index (χ1) is 7.76. The molecule has 0 aromatic heterocycles. The van der Waals surface area contributed by atoms with Gasteiger partial charge in [-0.2, -0.15) is 0 Å². The Bertz CT molecular complexity index is 217. The lowest BCUT2D eigenvalue weighted by molar-refractivity contribution is 0.0226. The van der Waals surface area contributed by atoms with Crippen LogP contribution in [0, 0.1) is 0 Å². The molecule has 7 nitrogen and oxygen atoms in total. The molecule has 0 rings (SSSR count). The fraction of sp³-hybridized carbons (Fsp3) is 1.00. The van der Waals surface area contributed by atoms with Crippen LogP contribution in [0.2, 0.25) is 0 Å². The summed E-state index contributed by atoms with van der Waals surface area (Å²) in [4.78, 5) is 26.8. The van der Waals surface area contributed by atoms with E-state index in [-0.39, 0.29) is 0 Å². The molecule has 0 aliphatic rings. The van der Waals surface area contributed by atoms with Crippen molar-refractivity contribution in [2.45, 2.75) is 0 Å². The van der Waals surface area contributed by atoms with Gasteiger partial charge in [0.25, 0.3) is 0 Å². The van der Waals surface area contributed by atoms with Crippen molar-refractivity contribution >= 4 is 25.6 Å². The lowest BCUT2D eigenvalue weighted by Gasteiger charge is -2.49. The Labute approximate surface area is 111 Å². The Morgan fingerprint density at radius 2 is 0.833 bits per heavy atom. The molecule has 0 aliphatic carbocycles. The van der Waals surface area contributed by atoms with Crippen LogP contribution in [0.25, 0.3) is 0 Å². The molecule has 116 valence electrons. The highest BCUT2D eigenvalue weighted by Crippen LogP contribution is 2.60. The van der Waals surface area contributed by atoms with Crippen molar-refractivity contribution < 1.29 is 32.1 Å². The fourth-order valence-corrected chi connectivity index (χ4v) is 1.50. The maximum absolute atomic E-state index is 8.92. The molecule has 3 N–H and O–H groups in total. The molecule has 0 radical (unpaired) electrons. The van der Waals surface area contributed by atoms with Crippen LogP contribution in [0.1, 0.15) is 0 Å². The zero-order valence-electron chi connectivity index (χ0n) is 12.4. The third-order valence-electron chi connectivity index (χ3n) is 2.20. The number of rotatable bonds is 5. The average Bonchev–Trinajstić information content (AvgIpc) is 2.19. The summed E-state index contributed by atoms with van der Waals surface area (Å²) >= 11 is 0. The Hall–Kier alpha value is 0.504. The Morgan fingerprint density at radius 3 is 0.833 bits per heavy atom. The molecule has 0 aliphatic heterocycles. The highest BCUT2D eigenvalue weighted by Gasteiger charge is 2.48. The highest BCUT2D eigenvalue weighted by molar-refractivity contribution is 8.66. The molecule has 0 saturated carbocycles. The van der Waals surface area contributed by atoms with E-state index in [1.807, 2.05) is 0 Å². The predicted octanol–water partition coefficient (Wildman–Crippen LogP) is -1.00. The molecule has 0 amide bonds. The minimum Gasteiger partial charge on any atom is -0.383 e. The summed E-state index contributed by atoms with van der Waals surface area (Å²) in [5.74, 6) is 0. The van der Waals surface area contributed by atoms with E-state index in [0.717, 1.165) is 0 Å². The number of hydrogen-bond acceptors (Lipinski definition) is 7. The third kappa shape index (κ3) is 6.61. The van der Waals surface area contributed by atoms with E-state index in [0.29, 0.717) is 0 Å². The van der Waals surface area contributed by atoms with E-state index in [9.17, 15) is 0 Å². The van der Waals surface area contributed by atoms with Gasteiger partial charge >= 0.3 is 17.0 Å². The molecule has 0 saturated heterocycles. The second kappa shape index (κ2) is 6.79. The fourth-order valence-electron chi connectivity index (χ4n) is 0.500. The third-order valence-corrected chi connectivity index (χ3v) is 13.8. The zero-order valence-corrected chi connectivity index (χ0v) is 15.3. The molecule has 0 fully saturated rings. The van der Waals surface area contributed by atoms with E-state index >= 15 is 0 Å². The Morgan fingerprint density at radius 1 is 0.667 bits per heavy atom. The van der Waals surface area contributed by atoms with Gasteiger partial charge in [0.2, 0.25) is 0 Å². The van der Waals surface area contributed by atoms with Gasteiger partial charge in [-0.25, -0.2) is 8.61 Å². The predicted molar refractivity (Wildman–Crippen MR) is 78.9 cm³/mol. The van der Waals surface area contributed by atoms with E-state index in [1.54, 1.807) is 25.0 Å². The normalized spacial score (nSPS) is 15.4. The van der Waals surface area contributed by atoms with Gasteiger partial charge in [-0.05, 0) is 25.0 Å². The van der Waals surface area contributed by atoms with E-state index in [2.05, 4.69) is 0 Å². The van der Waals surface area contributed by atoms with Crippen LogP contribution in [0.3, 0.4) is 0 Å². The molecule has 0 atom stereocenters. The summed E-state index contributed by atoms with van der Waals surface area (Å²) in [5, 5.41) is 0. The minimum absolute atomic E-state index is 1.49. The quantitative estimate of drug-likeness (QED) is 0.380. The Kier molecular flexibility index (Phi) is 7.85. The van der Waals surface area contributed by atoms with Crippen LogP contribution in [0.4, 0.5) is 0 Å². The first-order valence-corrected chi connectivity index (χ1v) is 13.5. The molecular weight excluding hydrogens is 296 g/mol. The number of hydrogen-bond donors (Lipinski definition) is 4. The van der Waals surface area contributed by atoms with Gasteiger partial charge in [0.15, 0.2) is 0 Å². The molecule has 0 aromatic rings. The topological polar surface area (TPSA) is 97.6 Å². The van der Waals surface area contributed by atoms with Crippen LogP contribution < -0.4 is 0 Å². The van der Waals surface area contributed by atoms with Crippen LogP contribution >= 0.6 is 8.61 Å². The van der Waals surface area contributed by atoms with Gasteiger partial charge in [0.1, 0.15) is 0 Å². The lowest BCUT2D eigenvalue weighted by Crippen LogP contribution is -2.48. The first-order valence-electron chi connectivity index (χ1n) is 5.13. The summed E-state index contributed by atoms with van der Waals surface area (Å²) in [5.41, 5.74) is 0. The second-order valence-electron chi connectivity index (χ2n) is 5.49. The zero-order chi connectivity index (χ0) is 15.3. The van der Waals surface area contributed by atoms with Gasteiger partial charge in [0, 0.05) is 28.4 Å². The molecule has 0 heterocycles. The lowest BCUT2D eigenvalue weighted by atomic mass is 11.8. The van der Waals surface area contributed by atoms with E-state index < -0.39 is 25.6 Å². The smallest absolute Gasteiger partial charge is 0.383 e. The standard InChI is InChI=1S/C4H12O4Si.C4H16O3SSi/c1-5-9(6-2,7-3)8-4;1-8(2,3,4)9(5,6)7/h1-4H3;5-8H,1-4H3. The first kappa shape index (κ1) is 20.8. The summed E-state index contributed by atoms with van der Waals surface area (Å²) in [6, 6.07) is 0. The summed E-state index contributed by atoms with van der Waals surface area (Å²) in [6.45, 7) is 0. The molecule has 0 bridgehead atoms. The largest absolute Gasteiger partial charge is 0.678 e. The van der Waals surface area contributed by atoms with Gasteiger partial charge in [-0.1, -0.05) is 0 Å². The van der Waals surface area contributed by atoms with Crippen molar-refractivity contribution in [3.05, 3.63) is 0 Å². The van der Waals surface area contributed by atoms with Crippen molar-refractivity contribution in [3.8, 4) is 0 Å². The molecule has 0 aromatic carbocycles. The highest BCUT2D eigenvalue weighted by atomic mass is 32.5. The van der Waals surface area contributed by atoms with Crippen molar-refractivity contribution in [2.75, 3.05) is 53.5 Å². The van der Waals surface area contributed by atoms with Crippen molar-refractivity contribution in [1.82, 2.24) is 0 Å². The summed E-state index contributed by atoms with van der Waals surface area (Å²) in [7, 11) is -3.10. The van der Waals surface area contributed by atoms with Gasteiger partial charge in [0.05, 0.1) is 0 Å². The maximum atomic E-state index is 8.92. The SMILES string of the molecule is CO[Si](OC)(OC)OC.C[SH](C)(C)(C)[Si](O)(O)O. The molecule has 0 spiro atoms. The Balaban J connectivity index is 0. The van der Waals surface area contributed by atoms with Gasteiger partial charge in [-0.3, -0.25) is 0 Å².